The molecule has 16 heavy (non-hydrogen) atoms. The first-order chi connectivity index (χ1) is 7.75. The van der Waals surface area contributed by atoms with E-state index in [1.54, 1.807) is 18.2 Å². The molecule has 1 radical (unpaired) electrons. The number of hydrogen-bond acceptors (Lipinski definition) is 3. The van der Waals surface area contributed by atoms with E-state index in [-0.39, 0.29) is 0 Å². The summed E-state index contributed by atoms with van der Waals surface area (Å²) in [5.41, 5.74) is 0. The average molecular weight is 249 g/mol. The Balaban J connectivity index is 2.25. The Hall–Kier alpha value is -1.26. The predicted octanol–water partition coefficient (Wildman–Crippen LogP) is 2.61. The Morgan fingerprint density at radius 3 is 2.50 bits per heavy atom. The van der Waals surface area contributed by atoms with Crippen LogP contribution in [-0.2, 0) is 10.7 Å². The van der Waals surface area contributed by atoms with Gasteiger partial charge in [-0.1, -0.05) is 36.0 Å². The van der Waals surface area contributed by atoms with Crippen molar-refractivity contribution < 1.29 is 8.42 Å². The van der Waals surface area contributed by atoms with Crippen LogP contribution in [-0.4, -0.2) is 8.42 Å². The van der Waals surface area contributed by atoms with Crippen molar-refractivity contribution in [2.75, 3.05) is 0 Å². The average Bonchev–Trinajstić information content (AvgIpc) is 2.30. The van der Waals surface area contributed by atoms with Crippen LogP contribution in [0.1, 0.15) is 0 Å². The van der Waals surface area contributed by atoms with Gasteiger partial charge in [0.2, 0.25) is 0 Å². The molecule has 2 aromatic carbocycles. The number of benzene rings is 2. The maximum Gasteiger partial charge on any atom is 0.168 e. The van der Waals surface area contributed by atoms with Crippen LogP contribution in [0.2, 0.25) is 0 Å². The molecule has 2 nitrogen and oxygen atoms in total. The highest BCUT2D eigenvalue weighted by Crippen LogP contribution is 2.27. The van der Waals surface area contributed by atoms with E-state index in [2.05, 4.69) is 6.07 Å². The zero-order valence-corrected chi connectivity index (χ0v) is 10.0. The first-order valence-corrected chi connectivity index (χ1v) is 6.64. The molecule has 0 saturated carbocycles. The molecule has 0 aliphatic heterocycles. The van der Waals surface area contributed by atoms with Crippen LogP contribution in [0.15, 0.2) is 63.2 Å². The molecule has 0 aliphatic rings. The standard InChI is InChI=1S/C12H9O2S2/c13-16(14)12-8-4-7-11(9-12)15-10-5-2-1-3-6-10/h1-6,8-9,16H. The van der Waals surface area contributed by atoms with Crippen LogP contribution in [0, 0.1) is 6.07 Å². The zero-order chi connectivity index (χ0) is 11.4. The summed E-state index contributed by atoms with van der Waals surface area (Å²) in [4.78, 5) is 2.20. The molecule has 2 rings (SSSR count). The minimum Gasteiger partial charge on any atom is -0.227 e. The molecule has 0 unspecified atom stereocenters. The lowest BCUT2D eigenvalue weighted by atomic mass is 10.4. The van der Waals surface area contributed by atoms with Crippen molar-refractivity contribution in [1.82, 2.24) is 0 Å². The van der Waals surface area contributed by atoms with Gasteiger partial charge in [0.05, 0.1) is 4.90 Å². The number of rotatable bonds is 3. The van der Waals surface area contributed by atoms with Crippen molar-refractivity contribution in [3.05, 3.63) is 54.6 Å². The third-order valence-electron chi connectivity index (χ3n) is 1.94. The van der Waals surface area contributed by atoms with E-state index in [1.807, 2.05) is 30.3 Å². The quantitative estimate of drug-likeness (QED) is 0.849. The monoisotopic (exact) mass is 249 g/mol. The second kappa shape index (κ2) is 5.18. The second-order valence-corrected chi connectivity index (χ2v) is 5.23. The van der Waals surface area contributed by atoms with Crippen LogP contribution in [0.25, 0.3) is 0 Å². The van der Waals surface area contributed by atoms with Crippen LogP contribution >= 0.6 is 11.8 Å². The van der Waals surface area contributed by atoms with Gasteiger partial charge in [-0.3, -0.25) is 0 Å². The summed E-state index contributed by atoms with van der Waals surface area (Å²) >= 11 is 1.50. The van der Waals surface area contributed by atoms with Crippen LogP contribution in [0.5, 0.6) is 0 Å². The maximum absolute atomic E-state index is 10.8. The highest BCUT2D eigenvalue weighted by molar-refractivity contribution is 7.99. The molecule has 0 atom stereocenters. The fourth-order valence-corrected chi connectivity index (χ4v) is 2.60. The molecule has 0 bridgehead atoms. The van der Waals surface area contributed by atoms with E-state index in [0.717, 1.165) is 9.79 Å². The summed E-state index contributed by atoms with van der Waals surface area (Å²) in [6.45, 7) is 0. The summed E-state index contributed by atoms with van der Waals surface area (Å²) in [6, 6.07) is 17.6. The van der Waals surface area contributed by atoms with Crippen molar-refractivity contribution in [3.63, 3.8) is 0 Å². The summed E-state index contributed by atoms with van der Waals surface area (Å²) < 4.78 is 21.6. The number of hydrogen-bond donors (Lipinski definition) is 1. The SMILES string of the molecule is O=[SH](=O)c1cc[c]c(Sc2ccccc2)c1. The van der Waals surface area contributed by atoms with Gasteiger partial charge in [-0.15, -0.1) is 0 Å². The smallest absolute Gasteiger partial charge is 0.168 e. The third kappa shape index (κ3) is 2.87. The second-order valence-electron chi connectivity index (χ2n) is 3.08. The fraction of sp³-hybridized carbons (Fsp3) is 0. The molecular weight excluding hydrogens is 240 g/mol. The van der Waals surface area contributed by atoms with E-state index >= 15 is 0 Å². The molecule has 0 spiro atoms. The molecular formula is C12H9O2S2. The lowest BCUT2D eigenvalue weighted by Gasteiger charge is -2.00. The van der Waals surface area contributed by atoms with Gasteiger partial charge in [0, 0.05) is 9.79 Å². The molecule has 2 aromatic rings. The summed E-state index contributed by atoms with van der Waals surface area (Å²) in [7, 11) is -2.52. The highest BCUT2D eigenvalue weighted by atomic mass is 32.2. The lowest BCUT2D eigenvalue weighted by Crippen LogP contribution is -1.81. The Kier molecular flexibility index (Phi) is 3.64. The minimum absolute atomic E-state index is 0.326. The maximum atomic E-state index is 10.8. The topological polar surface area (TPSA) is 34.1 Å². The van der Waals surface area contributed by atoms with Gasteiger partial charge in [-0.25, -0.2) is 8.42 Å². The molecule has 0 heterocycles. The number of thiol groups is 1. The lowest BCUT2D eigenvalue weighted by molar-refractivity contribution is 0.614. The van der Waals surface area contributed by atoms with Gasteiger partial charge in [-0.2, -0.15) is 0 Å². The molecule has 0 aliphatic carbocycles. The zero-order valence-electron chi connectivity index (χ0n) is 8.29. The summed E-state index contributed by atoms with van der Waals surface area (Å²) in [6.07, 6.45) is 0. The van der Waals surface area contributed by atoms with E-state index in [0.29, 0.717) is 4.90 Å². The van der Waals surface area contributed by atoms with Crippen molar-refractivity contribution in [1.29, 1.82) is 0 Å². The van der Waals surface area contributed by atoms with Crippen molar-refractivity contribution in [3.8, 4) is 0 Å². The normalized spacial score (nSPS) is 10.6. The fourth-order valence-electron chi connectivity index (χ4n) is 1.22. The van der Waals surface area contributed by atoms with Gasteiger partial charge in [-0.05, 0) is 30.3 Å². The molecule has 81 valence electrons. The van der Waals surface area contributed by atoms with Crippen molar-refractivity contribution in [2.24, 2.45) is 0 Å². The van der Waals surface area contributed by atoms with Crippen LogP contribution in [0.4, 0.5) is 0 Å². The Bertz CT molecular complexity index is 540. The molecule has 0 saturated heterocycles. The van der Waals surface area contributed by atoms with E-state index in [9.17, 15) is 8.42 Å². The summed E-state index contributed by atoms with van der Waals surface area (Å²) in [5.74, 6) is 0. The highest BCUT2D eigenvalue weighted by Gasteiger charge is 2.00. The minimum atomic E-state index is -2.52. The van der Waals surface area contributed by atoms with Gasteiger partial charge >= 0.3 is 0 Å². The molecule has 0 aromatic heterocycles. The molecule has 0 N–H and O–H groups in total. The Morgan fingerprint density at radius 2 is 1.81 bits per heavy atom. The van der Waals surface area contributed by atoms with Crippen molar-refractivity contribution >= 4 is 22.5 Å². The predicted molar refractivity (Wildman–Crippen MR) is 64.4 cm³/mol. The van der Waals surface area contributed by atoms with Crippen molar-refractivity contribution in [2.45, 2.75) is 14.7 Å². The van der Waals surface area contributed by atoms with Gasteiger partial charge in [0.25, 0.3) is 0 Å². The van der Waals surface area contributed by atoms with E-state index < -0.39 is 10.7 Å². The van der Waals surface area contributed by atoms with E-state index in [1.165, 1.54) is 11.8 Å². The first-order valence-electron chi connectivity index (χ1n) is 4.65. The molecule has 0 fully saturated rings. The largest absolute Gasteiger partial charge is 0.227 e. The van der Waals surface area contributed by atoms with Gasteiger partial charge in [0.15, 0.2) is 10.7 Å². The third-order valence-corrected chi connectivity index (χ3v) is 3.60. The molecule has 4 heteroatoms. The Labute approximate surface area is 100 Å². The summed E-state index contributed by atoms with van der Waals surface area (Å²) in [5, 5.41) is 0. The molecule has 0 amide bonds. The first kappa shape index (κ1) is 11.2. The Morgan fingerprint density at radius 1 is 1.06 bits per heavy atom. The van der Waals surface area contributed by atoms with Gasteiger partial charge < -0.3 is 0 Å². The van der Waals surface area contributed by atoms with Crippen LogP contribution in [0.3, 0.4) is 0 Å². The van der Waals surface area contributed by atoms with E-state index in [4.69, 9.17) is 0 Å². The van der Waals surface area contributed by atoms with Gasteiger partial charge in [0.1, 0.15) is 0 Å². The van der Waals surface area contributed by atoms with Crippen LogP contribution < -0.4 is 0 Å².